The van der Waals surface area contributed by atoms with Gasteiger partial charge in [0, 0.05) is 17.7 Å². The standard InChI is InChI=1S/C24H26N2O2/c27-18-19-10-12-21(13-11-19)24(25-28-17-16-26-14-3-4-15-26)23-9-5-7-20-6-1-2-8-22(20)23/h1-2,5-13,27H,3-4,14-18H2/b25-24-. The summed E-state index contributed by atoms with van der Waals surface area (Å²) in [5.41, 5.74) is 3.74. The highest BCUT2D eigenvalue weighted by molar-refractivity contribution is 6.19. The van der Waals surface area contributed by atoms with Crippen LogP contribution in [-0.4, -0.2) is 42.0 Å². The van der Waals surface area contributed by atoms with Crippen molar-refractivity contribution in [2.45, 2.75) is 19.4 Å². The van der Waals surface area contributed by atoms with E-state index in [0.29, 0.717) is 6.61 Å². The molecule has 4 nitrogen and oxygen atoms in total. The van der Waals surface area contributed by atoms with Crippen LogP contribution in [0, 0.1) is 0 Å². The Bertz CT molecular complexity index is 939. The molecule has 0 saturated carbocycles. The maximum atomic E-state index is 9.34. The average molecular weight is 374 g/mol. The molecule has 0 aliphatic carbocycles. The summed E-state index contributed by atoms with van der Waals surface area (Å²) in [5, 5.41) is 16.2. The van der Waals surface area contributed by atoms with E-state index in [9.17, 15) is 5.11 Å². The number of nitrogens with zero attached hydrogens (tertiary/aromatic N) is 2. The van der Waals surface area contributed by atoms with Crippen molar-refractivity contribution in [1.29, 1.82) is 0 Å². The highest BCUT2D eigenvalue weighted by Gasteiger charge is 2.13. The Hall–Kier alpha value is -2.69. The van der Waals surface area contributed by atoms with Gasteiger partial charge in [-0.1, -0.05) is 71.9 Å². The van der Waals surface area contributed by atoms with Gasteiger partial charge in [0.15, 0.2) is 0 Å². The molecule has 0 radical (unpaired) electrons. The third kappa shape index (κ3) is 4.24. The molecule has 4 rings (SSSR count). The van der Waals surface area contributed by atoms with E-state index in [4.69, 9.17) is 4.84 Å². The first-order valence-electron chi connectivity index (χ1n) is 9.96. The molecule has 3 aromatic rings. The molecule has 0 amide bonds. The third-order valence-corrected chi connectivity index (χ3v) is 5.31. The molecule has 0 aromatic heterocycles. The van der Waals surface area contributed by atoms with E-state index in [1.54, 1.807) is 0 Å². The number of hydrogen-bond donors (Lipinski definition) is 1. The average Bonchev–Trinajstić information content (AvgIpc) is 3.27. The fraction of sp³-hybridized carbons (Fsp3) is 0.292. The lowest BCUT2D eigenvalue weighted by atomic mass is 9.96. The molecule has 0 unspecified atom stereocenters. The molecule has 0 atom stereocenters. The van der Waals surface area contributed by atoms with Crippen LogP contribution in [0.2, 0.25) is 0 Å². The summed E-state index contributed by atoms with van der Waals surface area (Å²) in [6.07, 6.45) is 2.56. The van der Waals surface area contributed by atoms with Gasteiger partial charge in [-0.05, 0) is 42.3 Å². The Balaban J connectivity index is 1.64. The minimum atomic E-state index is 0.0351. The minimum absolute atomic E-state index is 0.0351. The number of likely N-dealkylation sites (tertiary alicyclic amines) is 1. The summed E-state index contributed by atoms with van der Waals surface area (Å²) in [5.74, 6) is 0. The summed E-state index contributed by atoms with van der Waals surface area (Å²) >= 11 is 0. The lowest BCUT2D eigenvalue weighted by Crippen LogP contribution is -2.23. The van der Waals surface area contributed by atoms with Gasteiger partial charge >= 0.3 is 0 Å². The SMILES string of the molecule is OCc1ccc(/C(=N/OCCN2CCCC2)c2cccc3ccccc23)cc1. The molecule has 28 heavy (non-hydrogen) atoms. The second-order valence-electron chi connectivity index (χ2n) is 7.20. The van der Waals surface area contributed by atoms with Crippen molar-refractivity contribution in [3.8, 4) is 0 Å². The number of rotatable bonds is 7. The van der Waals surface area contributed by atoms with Crippen LogP contribution in [0.1, 0.15) is 29.5 Å². The topological polar surface area (TPSA) is 45.1 Å². The predicted molar refractivity (Wildman–Crippen MR) is 114 cm³/mol. The molecule has 0 spiro atoms. The van der Waals surface area contributed by atoms with Gasteiger partial charge in [-0.25, -0.2) is 0 Å². The largest absolute Gasteiger partial charge is 0.394 e. The first-order chi connectivity index (χ1) is 13.8. The van der Waals surface area contributed by atoms with Gasteiger partial charge < -0.3 is 9.94 Å². The van der Waals surface area contributed by atoms with Gasteiger partial charge in [0.1, 0.15) is 12.3 Å². The van der Waals surface area contributed by atoms with E-state index in [-0.39, 0.29) is 6.61 Å². The molecule has 0 bridgehead atoms. The Morgan fingerprint density at radius 1 is 0.929 bits per heavy atom. The van der Waals surface area contributed by atoms with Crippen LogP contribution in [-0.2, 0) is 11.4 Å². The van der Waals surface area contributed by atoms with Gasteiger partial charge in [0.05, 0.1) is 6.61 Å². The van der Waals surface area contributed by atoms with Gasteiger partial charge in [0.25, 0.3) is 0 Å². The number of benzene rings is 3. The monoisotopic (exact) mass is 374 g/mol. The normalized spacial score (nSPS) is 15.2. The first-order valence-corrected chi connectivity index (χ1v) is 9.96. The van der Waals surface area contributed by atoms with Crippen LogP contribution in [0.3, 0.4) is 0 Å². The summed E-state index contributed by atoms with van der Waals surface area (Å²) in [6.45, 7) is 3.85. The molecule has 3 aromatic carbocycles. The summed E-state index contributed by atoms with van der Waals surface area (Å²) in [4.78, 5) is 8.19. The second kappa shape index (κ2) is 9.00. The molecule has 1 fully saturated rings. The number of fused-ring (bicyclic) bond motifs is 1. The molecular formula is C24H26N2O2. The van der Waals surface area contributed by atoms with Crippen LogP contribution in [0.4, 0.5) is 0 Å². The molecule has 1 N–H and O–H groups in total. The van der Waals surface area contributed by atoms with E-state index in [0.717, 1.165) is 47.4 Å². The molecule has 1 aliphatic rings. The molecular weight excluding hydrogens is 348 g/mol. The molecule has 1 aliphatic heterocycles. The lowest BCUT2D eigenvalue weighted by Gasteiger charge is -2.14. The van der Waals surface area contributed by atoms with Crippen molar-refractivity contribution >= 4 is 16.5 Å². The summed E-state index contributed by atoms with van der Waals surface area (Å²) < 4.78 is 0. The van der Waals surface area contributed by atoms with E-state index in [1.807, 2.05) is 36.4 Å². The quantitative estimate of drug-likeness (QED) is 0.383. The van der Waals surface area contributed by atoms with Gasteiger partial charge in [0.2, 0.25) is 0 Å². The Morgan fingerprint density at radius 3 is 2.46 bits per heavy atom. The van der Waals surface area contributed by atoms with Crippen molar-refractivity contribution in [1.82, 2.24) is 4.90 Å². The zero-order valence-electron chi connectivity index (χ0n) is 16.1. The van der Waals surface area contributed by atoms with Gasteiger partial charge in [-0.3, -0.25) is 4.90 Å². The maximum absolute atomic E-state index is 9.34. The van der Waals surface area contributed by atoms with Crippen LogP contribution in [0.25, 0.3) is 10.8 Å². The van der Waals surface area contributed by atoms with Crippen LogP contribution < -0.4 is 0 Å². The van der Waals surface area contributed by atoms with Crippen LogP contribution >= 0.6 is 0 Å². The number of aliphatic hydroxyl groups is 1. The Morgan fingerprint density at radius 2 is 1.68 bits per heavy atom. The second-order valence-corrected chi connectivity index (χ2v) is 7.20. The first kappa shape index (κ1) is 18.7. The van der Waals surface area contributed by atoms with Crippen molar-refractivity contribution < 1.29 is 9.94 Å². The van der Waals surface area contributed by atoms with E-state index >= 15 is 0 Å². The highest BCUT2D eigenvalue weighted by Crippen LogP contribution is 2.22. The maximum Gasteiger partial charge on any atom is 0.129 e. The van der Waals surface area contributed by atoms with Crippen molar-refractivity contribution in [3.05, 3.63) is 83.4 Å². The molecule has 4 heteroatoms. The molecule has 1 saturated heterocycles. The van der Waals surface area contributed by atoms with Gasteiger partial charge in [-0.15, -0.1) is 0 Å². The zero-order chi connectivity index (χ0) is 19.2. The highest BCUT2D eigenvalue weighted by atomic mass is 16.6. The lowest BCUT2D eigenvalue weighted by molar-refractivity contribution is 0.119. The zero-order valence-corrected chi connectivity index (χ0v) is 16.1. The Labute approximate surface area is 166 Å². The number of oxime groups is 1. The van der Waals surface area contributed by atoms with Crippen molar-refractivity contribution in [3.63, 3.8) is 0 Å². The number of aliphatic hydroxyl groups excluding tert-OH is 1. The molecule has 144 valence electrons. The smallest absolute Gasteiger partial charge is 0.129 e. The predicted octanol–water partition coefficient (Wildman–Crippen LogP) is 4.20. The summed E-state index contributed by atoms with van der Waals surface area (Å²) in [6, 6.07) is 22.4. The Kier molecular flexibility index (Phi) is 6.00. The fourth-order valence-electron chi connectivity index (χ4n) is 3.74. The van der Waals surface area contributed by atoms with Gasteiger partial charge in [-0.2, -0.15) is 0 Å². The summed E-state index contributed by atoms with van der Waals surface area (Å²) in [7, 11) is 0. The third-order valence-electron chi connectivity index (χ3n) is 5.31. The van der Waals surface area contributed by atoms with E-state index < -0.39 is 0 Å². The number of hydrogen-bond acceptors (Lipinski definition) is 4. The van der Waals surface area contributed by atoms with Crippen LogP contribution in [0.15, 0.2) is 71.9 Å². The van der Waals surface area contributed by atoms with Crippen LogP contribution in [0.5, 0.6) is 0 Å². The van der Waals surface area contributed by atoms with Crippen molar-refractivity contribution in [2.75, 3.05) is 26.2 Å². The van der Waals surface area contributed by atoms with E-state index in [1.165, 1.54) is 18.2 Å². The minimum Gasteiger partial charge on any atom is -0.394 e. The molecule has 1 heterocycles. The van der Waals surface area contributed by atoms with Crippen molar-refractivity contribution in [2.24, 2.45) is 5.16 Å². The van der Waals surface area contributed by atoms with E-state index in [2.05, 4.69) is 40.4 Å². The fourth-order valence-corrected chi connectivity index (χ4v) is 3.74.